The van der Waals surface area contributed by atoms with Crippen molar-refractivity contribution in [1.82, 2.24) is 4.57 Å². The molecular formula is C17H19Cl2N3O3. The fourth-order valence-electron chi connectivity index (χ4n) is 3.44. The van der Waals surface area contributed by atoms with Crippen molar-refractivity contribution in [3.8, 4) is 0 Å². The van der Waals surface area contributed by atoms with Crippen molar-refractivity contribution in [2.75, 3.05) is 18.0 Å². The molecule has 1 saturated heterocycles. The Morgan fingerprint density at radius 1 is 1.28 bits per heavy atom. The minimum Gasteiger partial charge on any atom is -0.477 e. The summed E-state index contributed by atoms with van der Waals surface area (Å²) in [6.07, 6.45) is 4.27. The maximum Gasteiger partial charge on any atom is 0.341 e. The number of nitrogens with two attached hydrogens (primary N) is 1. The Morgan fingerprint density at radius 2 is 2.00 bits per heavy atom. The molecule has 134 valence electrons. The fraction of sp³-hybridized carbons (Fsp3) is 0.412. The molecule has 1 aromatic carbocycles. The third kappa shape index (κ3) is 2.99. The van der Waals surface area contributed by atoms with Crippen LogP contribution in [0.5, 0.6) is 0 Å². The highest BCUT2D eigenvalue weighted by Crippen LogP contribution is 2.41. The van der Waals surface area contributed by atoms with Gasteiger partial charge < -0.3 is 20.3 Å². The third-order valence-electron chi connectivity index (χ3n) is 4.85. The number of anilines is 1. The number of pyridine rings is 1. The largest absolute Gasteiger partial charge is 0.477 e. The maximum absolute atomic E-state index is 12.5. The van der Waals surface area contributed by atoms with Crippen LogP contribution < -0.4 is 16.1 Å². The smallest absolute Gasteiger partial charge is 0.341 e. The minimum absolute atomic E-state index is 0. The predicted molar refractivity (Wildman–Crippen MR) is 101 cm³/mol. The average molecular weight is 384 g/mol. The van der Waals surface area contributed by atoms with Gasteiger partial charge in [-0.05, 0) is 31.4 Å². The highest BCUT2D eigenvalue weighted by atomic mass is 35.5. The van der Waals surface area contributed by atoms with Crippen molar-refractivity contribution in [3.63, 3.8) is 0 Å². The van der Waals surface area contributed by atoms with Crippen molar-refractivity contribution in [3.05, 3.63) is 39.1 Å². The zero-order valence-electron chi connectivity index (χ0n) is 13.4. The van der Waals surface area contributed by atoms with Crippen LogP contribution in [0.25, 0.3) is 10.9 Å². The third-order valence-corrected chi connectivity index (χ3v) is 5.22. The Labute approximate surface area is 155 Å². The molecule has 1 aliphatic heterocycles. The number of carbonyl (C=O) groups is 1. The van der Waals surface area contributed by atoms with Crippen LogP contribution in [0.15, 0.2) is 23.1 Å². The summed E-state index contributed by atoms with van der Waals surface area (Å²) in [5, 5.41) is 10.2. The summed E-state index contributed by atoms with van der Waals surface area (Å²) in [6.45, 7) is 1.55. The fourth-order valence-corrected chi connectivity index (χ4v) is 3.82. The summed E-state index contributed by atoms with van der Waals surface area (Å²) in [4.78, 5) is 26.0. The van der Waals surface area contributed by atoms with E-state index in [-0.39, 0.29) is 30.1 Å². The van der Waals surface area contributed by atoms with E-state index < -0.39 is 11.4 Å². The Hall–Kier alpha value is -1.76. The van der Waals surface area contributed by atoms with E-state index in [4.69, 9.17) is 17.3 Å². The van der Waals surface area contributed by atoms with Crippen molar-refractivity contribution in [2.24, 2.45) is 5.73 Å². The van der Waals surface area contributed by atoms with E-state index in [1.165, 1.54) is 6.20 Å². The summed E-state index contributed by atoms with van der Waals surface area (Å²) in [5.74, 6) is -1.21. The summed E-state index contributed by atoms with van der Waals surface area (Å²) in [5.41, 5.74) is 6.78. The lowest BCUT2D eigenvalue weighted by molar-refractivity contribution is 0.0695. The van der Waals surface area contributed by atoms with E-state index in [2.05, 4.69) is 4.90 Å². The molecule has 2 aromatic rings. The van der Waals surface area contributed by atoms with Gasteiger partial charge in [0.15, 0.2) is 0 Å². The summed E-state index contributed by atoms with van der Waals surface area (Å²) in [6, 6.07) is 3.82. The first-order valence-corrected chi connectivity index (χ1v) is 8.46. The lowest BCUT2D eigenvalue weighted by Crippen LogP contribution is -2.26. The Kier molecular flexibility index (Phi) is 4.70. The molecule has 0 radical (unpaired) electrons. The van der Waals surface area contributed by atoms with Gasteiger partial charge >= 0.3 is 5.97 Å². The molecule has 2 fully saturated rings. The first kappa shape index (κ1) is 18.0. The first-order valence-electron chi connectivity index (χ1n) is 8.08. The average Bonchev–Trinajstić information content (AvgIpc) is 3.29. The second kappa shape index (κ2) is 6.52. The number of aromatic carboxylic acids is 1. The van der Waals surface area contributed by atoms with Crippen LogP contribution >= 0.6 is 24.0 Å². The molecule has 8 heteroatoms. The number of hydrogen-bond acceptors (Lipinski definition) is 4. The summed E-state index contributed by atoms with van der Waals surface area (Å²) in [7, 11) is 0. The van der Waals surface area contributed by atoms with Gasteiger partial charge in [-0.15, -0.1) is 12.4 Å². The Bertz CT molecular complexity index is 908. The molecule has 2 aliphatic rings. The van der Waals surface area contributed by atoms with Crippen molar-refractivity contribution < 1.29 is 9.90 Å². The molecule has 25 heavy (non-hydrogen) atoms. The number of carboxylic acids is 1. The van der Waals surface area contributed by atoms with Gasteiger partial charge in [-0.2, -0.15) is 0 Å². The number of aromatic nitrogens is 1. The van der Waals surface area contributed by atoms with E-state index in [0.29, 0.717) is 15.9 Å². The molecule has 0 spiro atoms. The standard InChI is InChI=1S/C17H18ClN3O3.ClH/c18-14-13(20-6-5-9(19)7-20)4-3-11-15(14)21(10-1-2-10)8-12(16(11)22)17(23)24;/h3-4,8-10H,1-2,5-7,19H2,(H,23,24);1H/t9-;/m0./s1. The molecule has 1 aromatic heterocycles. The normalized spacial score (nSPS) is 19.9. The van der Waals surface area contributed by atoms with E-state index in [1.54, 1.807) is 12.1 Å². The van der Waals surface area contributed by atoms with E-state index >= 15 is 0 Å². The van der Waals surface area contributed by atoms with Crippen LogP contribution in [0.1, 0.15) is 35.7 Å². The van der Waals surface area contributed by atoms with Gasteiger partial charge in [-0.3, -0.25) is 4.79 Å². The van der Waals surface area contributed by atoms with Crippen LogP contribution in [-0.2, 0) is 0 Å². The van der Waals surface area contributed by atoms with E-state index in [0.717, 1.165) is 38.0 Å². The molecule has 0 amide bonds. The maximum atomic E-state index is 12.5. The van der Waals surface area contributed by atoms with Crippen LogP contribution in [0.4, 0.5) is 5.69 Å². The zero-order valence-corrected chi connectivity index (χ0v) is 15.0. The van der Waals surface area contributed by atoms with E-state index in [1.807, 2.05) is 4.57 Å². The molecule has 1 saturated carbocycles. The molecule has 6 nitrogen and oxygen atoms in total. The topological polar surface area (TPSA) is 88.6 Å². The van der Waals surface area contributed by atoms with E-state index in [9.17, 15) is 14.7 Å². The Balaban J connectivity index is 0.00000182. The summed E-state index contributed by atoms with van der Waals surface area (Å²) >= 11 is 6.66. The van der Waals surface area contributed by atoms with Crippen LogP contribution in [0.3, 0.4) is 0 Å². The van der Waals surface area contributed by atoms with Crippen LogP contribution in [-0.4, -0.2) is 34.8 Å². The van der Waals surface area contributed by atoms with Gasteiger partial charge in [-0.1, -0.05) is 11.6 Å². The highest BCUT2D eigenvalue weighted by molar-refractivity contribution is 6.38. The zero-order chi connectivity index (χ0) is 17.0. The quantitative estimate of drug-likeness (QED) is 0.850. The van der Waals surface area contributed by atoms with Gasteiger partial charge in [0.1, 0.15) is 5.56 Å². The first-order chi connectivity index (χ1) is 11.5. The number of halogens is 2. The number of benzene rings is 1. The number of hydrogen-bond donors (Lipinski definition) is 2. The second-order valence-corrected chi connectivity index (χ2v) is 6.98. The molecular weight excluding hydrogens is 365 g/mol. The predicted octanol–water partition coefficient (Wildman–Crippen LogP) is 2.65. The molecule has 1 aliphatic carbocycles. The monoisotopic (exact) mass is 383 g/mol. The minimum atomic E-state index is -1.21. The van der Waals surface area contributed by atoms with Gasteiger partial charge in [0.05, 0.1) is 16.2 Å². The number of nitrogens with zero attached hydrogens (tertiary/aromatic N) is 2. The highest BCUT2D eigenvalue weighted by Gasteiger charge is 2.29. The molecule has 0 unspecified atom stereocenters. The number of rotatable bonds is 3. The second-order valence-electron chi connectivity index (χ2n) is 6.61. The Morgan fingerprint density at radius 3 is 2.56 bits per heavy atom. The van der Waals surface area contributed by atoms with Gasteiger partial charge in [0.25, 0.3) is 0 Å². The van der Waals surface area contributed by atoms with Crippen LogP contribution in [0.2, 0.25) is 5.02 Å². The van der Waals surface area contributed by atoms with Gasteiger partial charge in [-0.25, -0.2) is 4.79 Å². The van der Waals surface area contributed by atoms with Gasteiger partial charge in [0, 0.05) is 36.8 Å². The lowest BCUT2D eigenvalue weighted by Gasteiger charge is -2.22. The van der Waals surface area contributed by atoms with Gasteiger partial charge in [0.2, 0.25) is 5.43 Å². The van der Waals surface area contributed by atoms with Crippen molar-refractivity contribution >= 4 is 46.6 Å². The van der Waals surface area contributed by atoms with Crippen LogP contribution in [0, 0.1) is 0 Å². The number of fused-ring (bicyclic) bond motifs is 1. The molecule has 3 N–H and O–H groups in total. The number of carboxylic acid groups (broad SMARTS) is 1. The summed E-state index contributed by atoms with van der Waals surface area (Å²) < 4.78 is 1.86. The SMILES string of the molecule is Cl.N[C@H]1CCN(c2ccc3c(=O)c(C(=O)O)cn(C4CC4)c3c2Cl)C1. The molecule has 2 heterocycles. The van der Waals surface area contributed by atoms with Crippen molar-refractivity contribution in [1.29, 1.82) is 0 Å². The molecule has 0 bridgehead atoms. The molecule has 4 rings (SSSR count). The van der Waals surface area contributed by atoms with Crippen molar-refractivity contribution in [2.45, 2.75) is 31.3 Å². The molecule has 1 atom stereocenters. The lowest BCUT2D eigenvalue weighted by atomic mass is 10.1.